The molecule has 2 aromatic rings. The Labute approximate surface area is 127 Å². The van der Waals surface area contributed by atoms with Crippen LogP contribution >= 0.6 is 15.9 Å². The van der Waals surface area contributed by atoms with Crippen LogP contribution in [0.25, 0.3) is 5.69 Å². The van der Waals surface area contributed by atoms with Crippen molar-refractivity contribution in [3.8, 4) is 5.69 Å². The largest absolute Gasteiger partial charge is 0.347 e. The van der Waals surface area contributed by atoms with Gasteiger partial charge in [-0.2, -0.15) is 0 Å². The maximum Gasteiger partial charge on any atom is 0.204 e. The van der Waals surface area contributed by atoms with Crippen LogP contribution in [0.1, 0.15) is 31.4 Å². The molecule has 0 saturated heterocycles. The summed E-state index contributed by atoms with van der Waals surface area (Å²) in [5, 5.41) is 8.29. The lowest BCUT2D eigenvalue weighted by atomic mass is 10.2. The van der Waals surface area contributed by atoms with E-state index in [1.165, 1.54) is 0 Å². The second-order valence-corrected chi connectivity index (χ2v) is 5.03. The molecule has 108 valence electrons. The van der Waals surface area contributed by atoms with Gasteiger partial charge in [-0.05, 0) is 48.3 Å². The lowest BCUT2D eigenvalue weighted by Gasteiger charge is -2.13. The highest BCUT2D eigenvalue weighted by molar-refractivity contribution is 9.10. The molecule has 0 spiro atoms. The fourth-order valence-corrected chi connectivity index (χ4v) is 2.28. The van der Waals surface area contributed by atoms with E-state index >= 15 is 0 Å². The number of aryl methyl sites for hydroxylation is 1. The van der Waals surface area contributed by atoms with Crippen molar-refractivity contribution < 1.29 is 9.47 Å². The van der Waals surface area contributed by atoms with E-state index in [0.29, 0.717) is 18.9 Å². The Morgan fingerprint density at radius 2 is 1.95 bits per heavy atom. The van der Waals surface area contributed by atoms with Crippen LogP contribution in [0.4, 0.5) is 0 Å². The maximum absolute atomic E-state index is 5.52. The van der Waals surface area contributed by atoms with Crippen LogP contribution in [0.3, 0.4) is 0 Å². The molecule has 20 heavy (non-hydrogen) atoms. The molecule has 0 amide bonds. The summed E-state index contributed by atoms with van der Waals surface area (Å²) < 4.78 is 13.8. The first kappa shape index (κ1) is 15.2. The van der Waals surface area contributed by atoms with Gasteiger partial charge in [-0.1, -0.05) is 17.3 Å². The van der Waals surface area contributed by atoms with Crippen LogP contribution in [0.2, 0.25) is 0 Å². The van der Waals surface area contributed by atoms with E-state index in [9.17, 15) is 0 Å². The number of benzene rings is 1. The second-order valence-electron chi connectivity index (χ2n) is 4.24. The van der Waals surface area contributed by atoms with E-state index in [1.54, 1.807) is 4.68 Å². The van der Waals surface area contributed by atoms with Crippen molar-refractivity contribution in [3.63, 3.8) is 0 Å². The van der Waals surface area contributed by atoms with E-state index < -0.39 is 6.29 Å². The predicted octanol–water partition coefficient (Wildman–Crippen LogP) is 3.41. The molecule has 1 aromatic carbocycles. The molecular weight excluding hydrogens is 322 g/mol. The number of hydrogen-bond donors (Lipinski definition) is 0. The molecule has 0 saturated carbocycles. The van der Waals surface area contributed by atoms with Gasteiger partial charge < -0.3 is 9.47 Å². The molecule has 0 fully saturated rings. The van der Waals surface area contributed by atoms with Crippen molar-refractivity contribution in [3.05, 3.63) is 40.1 Å². The molecule has 6 heteroatoms. The van der Waals surface area contributed by atoms with Gasteiger partial charge in [-0.3, -0.25) is 0 Å². The molecule has 1 aromatic heterocycles. The first-order chi connectivity index (χ1) is 9.67. The minimum atomic E-state index is -0.470. The average Bonchev–Trinajstić information content (AvgIpc) is 2.91. The van der Waals surface area contributed by atoms with Crippen molar-refractivity contribution in [1.82, 2.24) is 15.0 Å². The third kappa shape index (κ3) is 3.26. The fraction of sp³-hybridized carbons (Fsp3) is 0.429. The lowest BCUT2D eigenvalue weighted by Crippen LogP contribution is -2.09. The molecule has 5 nitrogen and oxygen atoms in total. The van der Waals surface area contributed by atoms with Gasteiger partial charge in [-0.25, -0.2) is 4.68 Å². The molecule has 0 radical (unpaired) electrons. The van der Waals surface area contributed by atoms with Crippen molar-refractivity contribution in [2.75, 3.05) is 13.2 Å². The van der Waals surface area contributed by atoms with Crippen molar-refractivity contribution in [2.45, 2.75) is 27.1 Å². The first-order valence-corrected chi connectivity index (χ1v) is 7.37. The van der Waals surface area contributed by atoms with E-state index in [4.69, 9.17) is 9.47 Å². The van der Waals surface area contributed by atoms with Crippen molar-refractivity contribution in [2.24, 2.45) is 0 Å². The summed E-state index contributed by atoms with van der Waals surface area (Å²) in [6, 6.07) is 6.00. The topological polar surface area (TPSA) is 49.2 Å². The molecule has 2 rings (SSSR count). The molecule has 0 atom stereocenters. The standard InChI is InChI=1S/C14H18BrN3O2/c1-4-19-14(20-5-2)11-9-18(17-16-11)12-8-6-7-10(3)13(12)15/h6-9,14H,4-5H2,1-3H3. The smallest absolute Gasteiger partial charge is 0.204 e. The number of halogens is 1. The van der Waals surface area contributed by atoms with Gasteiger partial charge in [0.1, 0.15) is 5.69 Å². The SMILES string of the molecule is CCOC(OCC)c1cn(-c2cccc(C)c2Br)nn1. The Morgan fingerprint density at radius 3 is 2.60 bits per heavy atom. The van der Waals surface area contributed by atoms with Gasteiger partial charge in [0.05, 0.1) is 11.9 Å². The Balaban J connectivity index is 2.30. The Kier molecular flexibility index (Phi) is 5.28. The third-order valence-electron chi connectivity index (χ3n) is 2.81. The lowest BCUT2D eigenvalue weighted by molar-refractivity contribution is -0.142. The van der Waals surface area contributed by atoms with Crippen LogP contribution < -0.4 is 0 Å². The highest BCUT2D eigenvalue weighted by atomic mass is 79.9. The van der Waals surface area contributed by atoms with E-state index in [1.807, 2.05) is 45.2 Å². The quantitative estimate of drug-likeness (QED) is 0.756. The Morgan fingerprint density at radius 1 is 1.25 bits per heavy atom. The number of rotatable bonds is 6. The molecule has 0 bridgehead atoms. The third-order valence-corrected chi connectivity index (χ3v) is 3.84. The number of nitrogens with zero attached hydrogens (tertiary/aromatic N) is 3. The normalized spacial score (nSPS) is 11.2. The number of hydrogen-bond acceptors (Lipinski definition) is 4. The Bertz CT molecular complexity index is 565. The molecule has 0 aliphatic rings. The molecule has 0 unspecified atom stereocenters. The summed E-state index contributed by atoms with van der Waals surface area (Å²) in [4.78, 5) is 0. The summed E-state index contributed by atoms with van der Waals surface area (Å²) in [5.74, 6) is 0. The summed E-state index contributed by atoms with van der Waals surface area (Å²) in [7, 11) is 0. The molecular formula is C14H18BrN3O2. The van der Waals surface area contributed by atoms with E-state index in [2.05, 4.69) is 26.2 Å². The molecule has 0 N–H and O–H groups in total. The number of aromatic nitrogens is 3. The van der Waals surface area contributed by atoms with Gasteiger partial charge in [0, 0.05) is 17.7 Å². The van der Waals surface area contributed by atoms with Crippen LogP contribution in [-0.4, -0.2) is 28.2 Å². The zero-order chi connectivity index (χ0) is 14.5. The minimum absolute atomic E-state index is 0.470. The van der Waals surface area contributed by atoms with Crippen molar-refractivity contribution in [1.29, 1.82) is 0 Å². The fourth-order valence-electron chi connectivity index (χ4n) is 1.83. The van der Waals surface area contributed by atoms with Gasteiger partial charge in [-0.15, -0.1) is 5.10 Å². The van der Waals surface area contributed by atoms with Crippen molar-refractivity contribution >= 4 is 15.9 Å². The monoisotopic (exact) mass is 339 g/mol. The van der Waals surface area contributed by atoms with Gasteiger partial charge >= 0.3 is 0 Å². The van der Waals surface area contributed by atoms with Gasteiger partial charge in [0.25, 0.3) is 0 Å². The highest BCUT2D eigenvalue weighted by Gasteiger charge is 2.17. The average molecular weight is 340 g/mol. The number of ether oxygens (including phenoxy) is 2. The minimum Gasteiger partial charge on any atom is -0.347 e. The Hall–Kier alpha value is -1.24. The molecule has 0 aliphatic carbocycles. The summed E-state index contributed by atoms with van der Waals surface area (Å²) in [6.45, 7) is 7.01. The zero-order valence-electron chi connectivity index (χ0n) is 11.8. The van der Waals surface area contributed by atoms with Gasteiger partial charge in [0.15, 0.2) is 0 Å². The second kappa shape index (κ2) is 6.97. The maximum atomic E-state index is 5.52. The van der Waals surface area contributed by atoms with Crippen LogP contribution in [-0.2, 0) is 9.47 Å². The summed E-state index contributed by atoms with van der Waals surface area (Å²) >= 11 is 3.57. The first-order valence-electron chi connectivity index (χ1n) is 6.58. The van der Waals surface area contributed by atoms with E-state index in [-0.39, 0.29) is 0 Å². The van der Waals surface area contributed by atoms with Gasteiger partial charge in [0.2, 0.25) is 6.29 Å². The van der Waals surface area contributed by atoms with Crippen LogP contribution in [0.5, 0.6) is 0 Å². The van der Waals surface area contributed by atoms with E-state index in [0.717, 1.165) is 15.7 Å². The zero-order valence-corrected chi connectivity index (χ0v) is 13.4. The molecule has 1 heterocycles. The van der Waals surface area contributed by atoms with Crippen LogP contribution in [0.15, 0.2) is 28.9 Å². The summed E-state index contributed by atoms with van der Waals surface area (Å²) in [5.41, 5.74) is 2.75. The predicted molar refractivity (Wildman–Crippen MR) is 79.8 cm³/mol. The highest BCUT2D eigenvalue weighted by Crippen LogP contribution is 2.25. The summed E-state index contributed by atoms with van der Waals surface area (Å²) in [6.07, 6.45) is 1.36. The molecule has 0 aliphatic heterocycles. The van der Waals surface area contributed by atoms with Crippen LogP contribution in [0, 0.1) is 6.92 Å².